The zero-order valence-electron chi connectivity index (χ0n) is 15.9. The molecule has 26 heavy (non-hydrogen) atoms. The zero-order chi connectivity index (χ0) is 18.5. The number of nitrogens with zero attached hydrogens (tertiary/aromatic N) is 1. The van der Waals surface area contributed by atoms with E-state index in [1.54, 1.807) is 18.4 Å². The number of rotatable bonds is 3. The maximum Gasteiger partial charge on any atom is 0.160 e. The molecule has 0 N–H and O–H groups in total. The second kappa shape index (κ2) is 6.05. The number of carbonyl (C=O) groups excluding carboxylic acids is 1. The summed E-state index contributed by atoms with van der Waals surface area (Å²) >= 11 is 1.69. The van der Waals surface area contributed by atoms with E-state index in [1.165, 1.54) is 16.0 Å². The van der Waals surface area contributed by atoms with Crippen molar-refractivity contribution in [3.63, 3.8) is 0 Å². The Labute approximate surface area is 159 Å². The van der Waals surface area contributed by atoms with Gasteiger partial charge in [0.25, 0.3) is 0 Å². The van der Waals surface area contributed by atoms with Crippen LogP contribution in [0.5, 0.6) is 5.75 Å². The van der Waals surface area contributed by atoms with Gasteiger partial charge in [-0.1, -0.05) is 38.5 Å². The van der Waals surface area contributed by atoms with Crippen molar-refractivity contribution in [3.05, 3.63) is 57.1 Å². The van der Waals surface area contributed by atoms with Crippen molar-refractivity contribution in [2.75, 3.05) is 7.11 Å². The maximum atomic E-state index is 13.3. The van der Waals surface area contributed by atoms with Gasteiger partial charge in [0, 0.05) is 23.3 Å². The monoisotopic (exact) mass is 367 g/mol. The Kier molecular flexibility index (Phi) is 4.07. The van der Waals surface area contributed by atoms with Crippen molar-refractivity contribution in [2.24, 2.45) is 5.41 Å². The van der Waals surface area contributed by atoms with Crippen LogP contribution in [0.4, 0.5) is 0 Å². The van der Waals surface area contributed by atoms with Gasteiger partial charge in [0.05, 0.1) is 23.7 Å². The fourth-order valence-electron chi connectivity index (χ4n) is 4.89. The van der Waals surface area contributed by atoms with Crippen molar-refractivity contribution in [1.82, 2.24) is 4.98 Å². The van der Waals surface area contributed by atoms with Gasteiger partial charge in [0.15, 0.2) is 5.78 Å². The van der Waals surface area contributed by atoms with Crippen molar-refractivity contribution < 1.29 is 9.53 Å². The molecule has 0 saturated heterocycles. The minimum absolute atomic E-state index is 0.0306. The van der Waals surface area contributed by atoms with Crippen LogP contribution in [-0.4, -0.2) is 17.9 Å². The van der Waals surface area contributed by atoms with E-state index in [1.807, 2.05) is 17.6 Å². The Morgan fingerprint density at radius 3 is 2.58 bits per heavy atom. The van der Waals surface area contributed by atoms with Gasteiger partial charge in [-0.25, -0.2) is 4.98 Å². The number of methoxy groups -OCH3 is 1. The number of Topliss-reactive ketones (excluding diaryl/α,β-unsaturated/α-hetero) is 1. The van der Waals surface area contributed by atoms with Gasteiger partial charge < -0.3 is 4.74 Å². The Bertz CT molecular complexity index is 891. The molecule has 0 fully saturated rings. The van der Waals surface area contributed by atoms with Crippen LogP contribution >= 0.6 is 11.3 Å². The Morgan fingerprint density at radius 2 is 1.92 bits per heavy atom. The number of hydrogen-bond acceptors (Lipinski definition) is 4. The highest BCUT2D eigenvalue weighted by Gasteiger charge is 2.49. The number of ketones is 1. The van der Waals surface area contributed by atoms with E-state index >= 15 is 0 Å². The van der Waals surface area contributed by atoms with E-state index in [4.69, 9.17) is 4.74 Å². The van der Waals surface area contributed by atoms with E-state index in [9.17, 15) is 4.79 Å². The van der Waals surface area contributed by atoms with E-state index in [2.05, 4.69) is 37.9 Å². The molecule has 136 valence electrons. The first-order valence-electron chi connectivity index (χ1n) is 9.24. The predicted octanol–water partition coefficient (Wildman–Crippen LogP) is 5.09. The summed E-state index contributed by atoms with van der Waals surface area (Å²) in [6.45, 7) is 6.59. The van der Waals surface area contributed by atoms with Gasteiger partial charge in [-0.05, 0) is 36.0 Å². The quantitative estimate of drug-likeness (QED) is 0.758. The summed E-state index contributed by atoms with van der Waals surface area (Å²) in [6.07, 6.45) is 3.28. The molecular formula is C22H25NO2S. The number of thiazole rings is 1. The highest BCUT2D eigenvalue weighted by Crippen LogP contribution is 2.54. The SMILES string of the molecule is CCC1(c2ccc(OC)cc2)C2=C(Cc3ncsc31)CC(C)(C)CC2=O. The number of aromatic nitrogens is 1. The number of ether oxygens (including phenoxy) is 1. The number of hydrogen-bond donors (Lipinski definition) is 0. The van der Waals surface area contributed by atoms with Crippen LogP contribution in [0, 0.1) is 5.41 Å². The molecule has 0 spiro atoms. The number of allylic oxidation sites excluding steroid dienone is 2. The Balaban J connectivity index is 1.98. The van der Waals surface area contributed by atoms with Crippen LogP contribution in [0.15, 0.2) is 40.9 Å². The molecule has 0 radical (unpaired) electrons. The molecule has 1 unspecified atom stereocenters. The number of benzene rings is 1. The fraction of sp³-hybridized carbons (Fsp3) is 0.455. The third-order valence-electron chi connectivity index (χ3n) is 5.91. The molecule has 1 aromatic heterocycles. The highest BCUT2D eigenvalue weighted by atomic mass is 32.1. The van der Waals surface area contributed by atoms with Crippen LogP contribution in [0.3, 0.4) is 0 Å². The van der Waals surface area contributed by atoms with E-state index in [-0.39, 0.29) is 10.8 Å². The highest BCUT2D eigenvalue weighted by molar-refractivity contribution is 7.10. The van der Waals surface area contributed by atoms with E-state index in [0.717, 1.165) is 36.3 Å². The van der Waals surface area contributed by atoms with Crippen LogP contribution in [0.25, 0.3) is 0 Å². The first kappa shape index (κ1) is 17.5. The summed E-state index contributed by atoms with van der Waals surface area (Å²) in [4.78, 5) is 19.3. The summed E-state index contributed by atoms with van der Waals surface area (Å²) in [5.41, 5.74) is 6.26. The van der Waals surface area contributed by atoms with Crippen LogP contribution in [-0.2, 0) is 16.6 Å². The van der Waals surface area contributed by atoms with Gasteiger partial charge >= 0.3 is 0 Å². The van der Waals surface area contributed by atoms with Crippen LogP contribution < -0.4 is 4.74 Å². The molecule has 2 aliphatic rings. The number of carbonyl (C=O) groups is 1. The molecule has 1 heterocycles. The van der Waals surface area contributed by atoms with Crippen LogP contribution in [0.2, 0.25) is 0 Å². The molecule has 0 amide bonds. The summed E-state index contributed by atoms with van der Waals surface area (Å²) in [5.74, 6) is 1.15. The normalized spacial score (nSPS) is 24.2. The molecule has 2 aromatic rings. The van der Waals surface area contributed by atoms with Gasteiger partial charge in [0.1, 0.15) is 5.75 Å². The fourth-order valence-corrected chi connectivity index (χ4v) is 6.00. The maximum absolute atomic E-state index is 13.3. The predicted molar refractivity (Wildman–Crippen MR) is 105 cm³/mol. The molecule has 2 aliphatic carbocycles. The van der Waals surface area contributed by atoms with Crippen molar-refractivity contribution in [3.8, 4) is 5.75 Å². The molecule has 1 atom stereocenters. The first-order chi connectivity index (χ1) is 12.4. The number of fused-ring (bicyclic) bond motifs is 1. The minimum Gasteiger partial charge on any atom is -0.497 e. The molecule has 4 rings (SSSR count). The van der Waals surface area contributed by atoms with Crippen molar-refractivity contribution in [2.45, 2.75) is 51.9 Å². The zero-order valence-corrected chi connectivity index (χ0v) is 16.7. The summed E-state index contributed by atoms with van der Waals surface area (Å²) in [5, 5.41) is 0. The second-order valence-electron chi connectivity index (χ2n) is 8.21. The standard InChI is InChI=1S/C22H25NO2S/c1-5-22(15-6-8-16(25-4)9-7-15)19-14(10-17-20(22)26-13-23-17)11-21(2,3)12-18(19)24/h6-9,13H,5,10-12H2,1-4H3. The van der Waals surface area contributed by atoms with Gasteiger partial charge in [0.2, 0.25) is 0 Å². The van der Waals surface area contributed by atoms with Gasteiger partial charge in [-0.3, -0.25) is 4.79 Å². The van der Waals surface area contributed by atoms with Crippen molar-refractivity contribution in [1.29, 1.82) is 0 Å². The lowest BCUT2D eigenvalue weighted by Crippen LogP contribution is -2.41. The van der Waals surface area contributed by atoms with Crippen molar-refractivity contribution >= 4 is 17.1 Å². The lowest BCUT2D eigenvalue weighted by atomic mass is 9.59. The Hall–Kier alpha value is -1.94. The van der Waals surface area contributed by atoms with E-state index in [0.29, 0.717) is 12.2 Å². The second-order valence-corrected chi connectivity index (χ2v) is 9.07. The summed E-state index contributed by atoms with van der Waals surface area (Å²) in [6, 6.07) is 8.24. The average Bonchev–Trinajstić information content (AvgIpc) is 3.07. The Morgan fingerprint density at radius 1 is 1.19 bits per heavy atom. The molecular weight excluding hydrogens is 342 g/mol. The average molecular weight is 368 g/mol. The topological polar surface area (TPSA) is 39.2 Å². The lowest BCUT2D eigenvalue weighted by Gasteiger charge is -2.44. The molecule has 0 aliphatic heterocycles. The summed E-state index contributed by atoms with van der Waals surface area (Å²) in [7, 11) is 1.68. The van der Waals surface area contributed by atoms with Crippen LogP contribution in [0.1, 0.15) is 56.2 Å². The van der Waals surface area contributed by atoms with Gasteiger partial charge in [-0.2, -0.15) is 0 Å². The first-order valence-corrected chi connectivity index (χ1v) is 10.1. The third-order valence-corrected chi connectivity index (χ3v) is 6.94. The third kappa shape index (κ3) is 2.46. The van der Waals surface area contributed by atoms with Gasteiger partial charge in [-0.15, -0.1) is 11.3 Å². The summed E-state index contributed by atoms with van der Waals surface area (Å²) < 4.78 is 5.34. The molecule has 0 saturated carbocycles. The minimum atomic E-state index is -0.371. The molecule has 4 heteroatoms. The molecule has 0 bridgehead atoms. The van der Waals surface area contributed by atoms with E-state index < -0.39 is 0 Å². The molecule has 1 aromatic carbocycles. The smallest absolute Gasteiger partial charge is 0.160 e. The largest absolute Gasteiger partial charge is 0.497 e. The lowest BCUT2D eigenvalue weighted by molar-refractivity contribution is -0.118. The molecule has 3 nitrogen and oxygen atoms in total.